The van der Waals surface area contributed by atoms with Crippen molar-refractivity contribution in [3.63, 3.8) is 0 Å². The van der Waals surface area contributed by atoms with Crippen molar-refractivity contribution in [3.05, 3.63) is 35.9 Å². The molecule has 1 atom stereocenters. The maximum Gasteiger partial charge on any atom is 0.139 e. The van der Waals surface area contributed by atoms with Crippen molar-refractivity contribution in [2.75, 3.05) is 18.6 Å². The van der Waals surface area contributed by atoms with Crippen LogP contribution in [-0.4, -0.2) is 34.8 Å². The fourth-order valence-corrected chi connectivity index (χ4v) is 2.04. The number of aliphatic hydroxyl groups excluding tert-OH is 1. The van der Waals surface area contributed by atoms with E-state index in [1.54, 1.807) is 0 Å². The van der Waals surface area contributed by atoms with E-state index in [-0.39, 0.29) is 12.6 Å². The molecule has 4 nitrogen and oxygen atoms in total. The molecule has 0 spiro atoms. The lowest BCUT2D eigenvalue weighted by Crippen LogP contribution is -2.34. The average molecular weight is 275 g/mol. The van der Waals surface area contributed by atoms with E-state index in [9.17, 15) is 5.11 Å². The Balaban J connectivity index is 2.63. The van der Waals surface area contributed by atoms with Gasteiger partial charge in [0.15, 0.2) is 0 Å². The zero-order chi connectivity index (χ0) is 14.0. The summed E-state index contributed by atoms with van der Waals surface area (Å²) in [6.07, 6.45) is 0. The smallest absolute Gasteiger partial charge is 0.139 e. The van der Waals surface area contributed by atoms with Gasteiger partial charge in [-0.25, -0.2) is 4.98 Å². The molecule has 0 saturated heterocycles. The molecule has 0 aliphatic carbocycles. The minimum absolute atomic E-state index is 0.0434. The van der Waals surface area contributed by atoms with Gasteiger partial charge >= 0.3 is 0 Å². The molecule has 0 saturated carbocycles. The van der Waals surface area contributed by atoms with E-state index in [1.807, 2.05) is 49.2 Å². The third-order valence-corrected chi connectivity index (χ3v) is 3.45. The number of pyridine rings is 1. The minimum atomic E-state index is -0.0539. The molecule has 3 N–H and O–H groups in total. The Hall–Kier alpha value is -1.72. The van der Waals surface area contributed by atoms with Gasteiger partial charge in [0, 0.05) is 12.4 Å². The highest BCUT2D eigenvalue weighted by atomic mass is 32.1. The molecule has 0 amide bonds. The van der Waals surface area contributed by atoms with Crippen LogP contribution in [0.3, 0.4) is 0 Å². The Morgan fingerprint density at radius 3 is 2.79 bits per heavy atom. The molecule has 0 fully saturated rings. The molecule has 1 aromatic heterocycles. The van der Waals surface area contributed by atoms with Crippen molar-refractivity contribution in [1.82, 2.24) is 4.98 Å². The molecule has 1 aromatic carbocycles. The Bertz CT molecular complexity index is 615. The summed E-state index contributed by atoms with van der Waals surface area (Å²) in [5.74, 6) is 0.702. The van der Waals surface area contributed by atoms with Gasteiger partial charge in [0.25, 0.3) is 0 Å². The Kier molecular flexibility index (Phi) is 3.97. The number of nitrogens with zero attached hydrogens (tertiary/aromatic N) is 2. The standard InChI is InChI=1S/C14H17N3OS/c1-9(8-18)17(2)14-11(13(15)19)7-10-5-3-4-6-12(10)16-14/h3-7,9,18H,8H2,1-2H3,(H2,15,19). The quantitative estimate of drug-likeness (QED) is 0.831. The molecule has 0 aliphatic heterocycles. The fourth-order valence-electron chi connectivity index (χ4n) is 1.89. The SMILES string of the molecule is CC(CO)N(C)c1nc2ccccc2cc1C(N)=S. The summed E-state index contributed by atoms with van der Waals surface area (Å²) in [5, 5.41) is 10.3. The van der Waals surface area contributed by atoms with Gasteiger partial charge in [0.1, 0.15) is 10.8 Å². The highest BCUT2D eigenvalue weighted by Gasteiger charge is 2.17. The topological polar surface area (TPSA) is 62.4 Å². The number of aromatic nitrogens is 1. The second-order valence-corrected chi connectivity index (χ2v) is 5.00. The Morgan fingerprint density at radius 1 is 1.47 bits per heavy atom. The van der Waals surface area contributed by atoms with E-state index in [0.717, 1.165) is 16.5 Å². The number of likely N-dealkylation sites (N-methyl/N-ethyl adjacent to an activating group) is 1. The number of rotatable bonds is 4. The highest BCUT2D eigenvalue weighted by molar-refractivity contribution is 7.80. The van der Waals surface area contributed by atoms with Gasteiger partial charge in [-0.15, -0.1) is 0 Å². The molecule has 0 aliphatic rings. The lowest BCUT2D eigenvalue weighted by molar-refractivity contribution is 0.270. The molecular weight excluding hydrogens is 258 g/mol. The molecule has 0 radical (unpaired) electrons. The first-order valence-corrected chi connectivity index (χ1v) is 6.48. The number of hydrogen-bond donors (Lipinski definition) is 2. The largest absolute Gasteiger partial charge is 0.394 e. The van der Waals surface area contributed by atoms with E-state index in [0.29, 0.717) is 10.8 Å². The third-order valence-electron chi connectivity index (χ3n) is 3.23. The zero-order valence-electron chi connectivity index (χ0n) is 11.0. The zero-order valence-corrected chi connectivity index (χ0v) is 11.8. The lowest BCUT2D eigenvalue weighted by atomic mass is 10.1. The highest BCUT2D eigenvalue weighted by Crippen LogP contribution is 2.24. The second-order valence-electron chi connectivity index (χ2n) is 4.56. The van der Waals surface area contributed by atoms with E-state index in [2.05, 4.69) is 4.98 Å². The molecule has 19 heavy (non-hydrogen) atoms. The number of benzene rings is 1. The van der Waals surface area contributed by atoms with Crippen molar-refractivity contribution >= 4 is 33.9 Å². The predicted molar refractivity (Wildman–Crippen MR) is 82.6 cm³/mol. The van der Waals surface area contributed by atoms with Crippen molar-refractivity contribution < 1.29 is 5.11 Å². The number of hydrogen-bond acceptors (Lipinski definition) is 4. The van der Waals surface area contributed by atoms with Crippen molar-refractivity contribution in [1.29, 1.82) is 0 Å². The van der Waals surface area contributed by atoms with Crippen LogP contribution in [0.5, 0.6) is 0 Å². The van der Waals surface area contributed by atoms with Gasteiger partial charge < -0.3 is 15.7 Å². The Morgan fingerprint density at radius 2 is 2.16 bits per heavy atom. The van der Waals surface area contributed by atoms with Crippen LogP contribution < -0.4 is 10.6 Å². The first-order valence-electron chi connectivity index (χ1n) is 6.08. The van der Waals surface area contributed by atoms with Crippen molar-refractivity contribution in [2.45, 2.75) is 13.0 Å². The number of aliphatic hydroxyl groups is 1. The molecule has 5 heteroatoms. The number of fused-ring (bicyclic) bond motifs is 1. The molecule has 2 aromatic rings. The first-order chi connectivity index (χ1) is 9.04. The van der Waals surface area contributed by atoms with Gasteiger partial charge in [0.2, 0.25) is 0 Å². The van der Waals surface area contributed by atoms with Crippen LogP contribution in [-0.2, 0) is 0 Å². The summed E-state index contributed by atoms with van der Waals surface area (Å²) in [7, 11) is 1.87. The van der Waals surface area contributed by atoms with Gasteiger partial charge in [-0.05, 0) is 19.1 Å². The van der Waals surface area contributed by atoms with Crippen molar-refractivity contribution in [2.24, 2.45) is 5.73 Å². The van der Waals surface area contributed by atoms with Crippen LogP contribution in [0.2, 0.25) is 0 Å². The van der Waals surface area contributed by atoms with Crippen LogP contribution in [0.1, 0.15) is 12.5 Å². The van der Waals surface area contributed by atoms with Crippen LogP contribution in [0.15, 0.2) is 30.3 Å². The summed E-state index contributed by atoms with van der Waals surface area (Å²) < 4.78 is 0. The fraction of sp³-hybridized carbons (Fsp3) is 0.286. The molecule has 1 heterocycles. The number of anilines is 1. The van der Waals surface area contributed by atoms with Crippen LogP contribution in [0, 0.1) is 0 Å². The lowest BCUT2D eigenvalue weighted by Gasteiger charge is -2.26. The molecule has 100 valence electrons. The number of thiocarbonyl (C=S) groups is 1. The molecule has 0 bridgehead atoms. The maximum atomic E-state index is 9.28. The molecule has 1 unspecified atom stereocenters. The van der Waals surface area contributed by atoms with Gasteiger partial charge in [0.05, 0.1) is 23.7 Å². The van der Waals surface area contributed by atoms with E-state index in [1.165, 1.54) is 0 Å². The number of nitrogens with two attached hydrogens (primary N) is 1. The van der Waals surface area contributed by atoms with Crippen LogP contribution in [0.25, 0.3) is 10.9 Å². The summed E-state index contributed by atoms with van der Waals surface area (Å²) >= 11 is 5.10. The summed E-state index contributed by atoms with van der Waals surface area (Å²) in [4.78, 5) is 6.81. The Labute approximate surface area is 117 Å². The van der Waals surface area contributed by atoms with Gasteiger partial charge in [-0.1, -0.05) is 30.4 Å². The normalized spacial score (nSPS) is 12.4. The summed E-state index contributed by atoms with van der Waals surface area (Å²) in [6.45, 7) is 1.96. The summed E-state index contributed by atoms with van der Waals surface area (Å²) in [5.41, 5.74) is 7.40. The number of para-hydroxylation sites is 1. The van der Waals surface area contributed by atoms with Gasteiger partial charge in [-0.3, -0.25) is 0 Å². The maximum absolute atomic E-state index is 9.28. The van der Waals surface area contributed by atoms with Crippen LogP contribution in [0.4, 0.5) is 5.82 Å². The van der Waals surface area contributed by atoms with E-state index < -0.39 is 0 Å². The first kappa shape index (κ1) is 13.7. The molecular formula is C14H17N3OS. The summed E-state index contributed by atoms with van der Waals surface area (Å²) in [6, 6.07) is 9.70. The third kappa shape index (κ3) is 2.67. The molecule has 2 rings (SSSR count). The van der Waals surface area contributed by atoms with Crippen molar-refractivity contribution in [3.8, 4) is 0 Å². The van der Waals surface area contributed by atoms with E-state index >= 15 is 0 Å². The second kappa shape index (κ2) is 5.50. The van der Waals surface area contributed by atoms with Gasteiger partial charge in [-0.2, -0.15) is 0 Å². The predicted octanol–water partition coefficient (Wildman–Crippen LogP) is 1.69. The van der Waals surface area contributed by atoms with Crippen LogP contribution >= 0.6 is 12.2 Å². The average Bonchev–Trinajstić information content (AvgIpc) is 2.44. The monoisotopic (exact) mass is 275 g/mol. The minimum Gasteiger partial charge on any atom is -0.394 e. The van der Waals surface area contributed by atoms with E-state index in [4.69, 9.17) is 18.0 Å².